The van der Waals surface area contributed by atoms with Crippen LogP contribution in [0.25, 0.3) is 11.1 Å². The van der Waals surface area contributed by atoms with Crippen LogP contribution in [0.1, 0.15) is 86.7 Å². The van der Waals surface area contributed by atoms with Gasteiger partial charge in [0.05, 0.1) is 11.5 Å². The van der Waals surface area contributed by atoms with Crippen molar-refractivity contribution < 1.29 is 39.0 Å². The van der Waals surface area contributed by atoms with Gasteiger partial charge in [-0.1, -0.05) is 52.8 Å². The molecule has 3 unspecified atom stereocenters. The van der Waals surface area contributed by atoms with Gasteiger partial charge in [0.15, 0.2) is 34.5 Å². The molecule has 0 heterocycles. The Balaban J connectivity index is 1.77. The van der Waals surface area contributed by atoms with E-state index in [1.165, 1.54) is 13.0 Å². The van der Waals surface area contributed by atoms with Gasteiger partial charge in [0.1, 0.15) is 17.5 Å². The first-order valence-electron chi connectivity index (χ1n) is 14.8. The molecule has 8 heteroatoms. The van der Waals surface area contributed by atoms with E-state index in [0.717, 1.165) is 18.1 Å². The van der Waals surface area contributed by atoms with E-state index < -0.39 is 69.0 Å². The number of aryl methyl sites for hydroxylation is 1. The number of fused-ring (bicyclic) bond motifs is 3. The van der Waals surface area contributed by atoms with Crippen molar-refractivity contribution in [1.29, 1.82) is 0 Å². The van der Waals surface area contributed by atoms with Crippen LogP contribution in [0.3, 0.4) is 0 Å². The summed E-state index contributed by atoms with van der Waals surface area (Å²) in [4.78, 5) is 81.1. The summed E-state index contributed by atoms with van der Waals surface area (Å²) in [5, 5.41) is 23.2. The van der Waals surface area contributed by atoms with Crippen LogP contribution in [-0.4, -0.2) is 50.5 Å². The number of benzene rings is 2. The minimum atomic E-state index is -2.73. The van der Waals surface area contributed by atoms with Gasteiger partial charge in [-0.25, -0.2) is 0 Å². The Hall–Kier alpha value is -3.78. The van der Waals surface area contributed by atoms with E-state index in [0.29, 0.717) is 23.1 Å². The van der Waals surface area contributed by atoms with E-state index in [1.807, 2.05) is 13.0 Å². The molecule has 43 heavy (non-hydrogen) atoms. The maximum atomic E-state index is 14.5. The summed E-state index contributed by atoms with van der Waals surface area (Å²) in [6.07, 6.45) is 0.751. The van der Waals surface area contributed by atoms with Crippen molar-refractivity contribution in [2.75, 3.05) is 0 Å². The fourth-order valence-corrected chi connectivity index (χ4v) is 8.74. The molecule has 0 saturated heterocycles. The van der Waals surface area contributed by atoms with Crippen LogP contribution in [0, 0.1) is 34.5 Å². The molecule has 2 aromatic rings. The van der Waals surface area contributed by atoms with Crippen LogP contribution in [-0.2, 0) is 32.0 Å². The second kappa shape index (κ2) is 9.88. The average Bonchev–Trinajstić information content (AvgIpc) is 2.90. The maximum Gasteiger partial charge on any atom is 0.190 e. The van der Waals surface area contributed by atoms with E-state index in [9.17, 15) is 39.0 Å². The minimum absolute atomic E-state index is 0.0216. The van der Waals surface area contributed by atoms with Gasteiger partial charge in [0.25, 0.3) is 0 Å². The van der Waals surface area contributed by atoms with E-state index in [-0.39, 0.29) is 29.9 Å². The summed E-state index contributed by atoms with van der Waals surface area (Å²) < 4.78 is 0. The summed E-state index contributed by atoms with van der Waals surface area (Å²) in [5.41, 5.74) is -2.20. The largest absolute Gasteiger partial charge is 0.507 e. The highest BCUT2D eigenvalue weighted by molar-refractivity contribution is 6.32. The number of Topliss-reactive ketones (excluding diaryl/α,β-unsaturated/α-hetero) is 6. The molecule has 0 radical (unpaired) electrons. The molecule has 0 aromatic heterocycles. The third kappa shape index (κ3) is 3.98. The summed E-state index contributed by atoms with van der Waals surface area (Å²) in [7, 11) is 0. The molecule has 2 N–H and O–H groups in total. The van der Waals surface area contributed by atoms with Gasteiger partial charge in [0, 0.05) is 16.9 Å². The van der Waals surface area contributed by atoms with Gasteiger partial charge in [-0.3, -0.25) is 28.8 Å². The molecular formula is C35H38O8. The molecule has 0 aliphatic heterocycles. The SMILES string of the molecule is CCc1ccc(C(C)=O)cc1-c1ccc(O)c2c1C[C@]1(C)C[C@]3(C)C(C(C)C)C(=O)C(C(C)=O)C(=O)[C@]3(O)C(=O)C1C2=O. The van der Waals surface area contributed by atoms with Crippen LogP contribution in [0.2, 0.25) is 0 Å². The lowest BCUT2D eigenvalue weighted by Gasteiger charge is -2.61. The van der Waals surface area contributed by atoms with E-state index in [1.54, 1.807) is 45.9 Å². The van der Waals surface area contributed by atoms with Crippen LogP contribution < -0.4 is 0 Å². The zero-order valence-corrected chi connectivity index (χ0v) is 25.7. The van der Waals surface area contributed by atoms with Crippen molar-refractivity contribution >= 4 is 34.7 Å². The van der Waals surface area contributed by atoms with Crippen LogP contribution >= 0.6 is 0 Å². The van der Waals surface area contributed by atoms with Crippen molar-refractivity contribution in [3.63, 3.8) is 0 Å². The Labute approximate surface area is 250 Å². The first-order chi connectivity index (χ1) is 20.0. The summed E-state index contributed by atoms with van der Waals surface area (Å²) in [6.45, 7) is 11.4. The van der Waals surface area contributed by atoms with Crippen molar-refractivity contribution in [1.82, 2.24) is 0 Å². The number of rotatable bonds is 5. The Bertz CT molecular complexity index is 1650. The Morgan fingerprint density at radius 1 is 0.977 bits per heavy atom. The topological polar surface area (TPSA) is 143 Å². The molecule has 2 aromatic carbocycles. The highest BCUT2D eigenvalue weighted by Crippen LogP contribution is 2.64. The predicted molar refractivity (Wildman–Crippen MR) is 158 cm³/mol. The number of aliphatic hydroxyl groups is 1. The predicted octanol–water partition coefficient (Wildman–Crippen LogP) is 4.52. The van der Waals surface area contributed by atoms with E-state index in [4.69, 9.17) is 0 Å². The highest BCUT2D eigenvalue weighted by atomic mass is 16.3. The molecule has 0 bridgehead atoms. The van der Waals surface area contributed by atoms with Crippen molar-refractivity contribution in [2.45, 2.75) is 73.3 Å². The number of phenols is 1. The number of carbonyl (C=O) groups excluding carboxylic acids is 6. The lowest BCUT2D eigenvalue weighted by molar-refractivity contribution is -0.205. The number of phenolic OH excluding ortho intramolecular Hbond substituents is 1. The fraction of sp³-hybridized carbons (Fsp3) is 0.486. The third-order valence-corrected chi connectivity index (χ3v) is 10.5. The molecule has 226 valence electrons. The summed E-state index contributed by atoms with van der Waals surface area (Å²) >= 11 is 0. The lowest BCUT2D eigenvalue weighted by atomic mass is 9.40. The zero-order valence-electron chi connectivity index (χ0n) is 25.7. The lowest BCUT2D eigenvalue weighted by Crippen LogP contribution is -2.76. The molecule has 2 fully saturated rings. The highest BCUT2D eigenvalue weighted by Gasteiger charge is 2.76. The molecule has 3 aliphatic carbocycles. The molecular weight excluding hydrogens is 548 g/mol. The molecule has 5 rings (SSSR count). The number of carbonyl (C=O) groups is 6. The normalized spacial score (nSPS) is 31.9. The average molecular weight is 587 g/mol. The molecule has 6 atom stereocenters. The van der Waals surface area contributed by atoms with Gasteiger partial charge >= 0.3 is 0 Å². The monoisotopic (exact) mass is 586 g/mol. The summed E-state index contributed by atoms with van der Waals surface area (Å²) in [6, 6.07) is 8.47. The number of aromatic hydroxyl groups is 1. The van der Waals surface area contributed by atoms with Crippen LogP contribution in [0.5, 0.6) is 5.75 Å². The maximum absolute atomic E-state index is 14.5. The molecule has 3 aliphatic rings. The third-order valence-electron chi connectivity index (χ3n) is 10.5. The summed E-state index contributed by atoms with van der Waals surface area (Å²) in [5.74, 6) is -9.39. The quantitative estimate of drug-likeness (QED) is 0.385. The van der Waals surface area contributed by atoms with Gasteiger partial charge in [-0.15, -0.1) is 0 Å². The van der Waals surface area contributed by atoms with Gasteiger partial charge in [0.2, 0.25) is 0 Å². The second-order valence-corrected chi connectivity index (χ2v) is 13.6. The zero-order chi connectivity index (χ0) is 32.0. The van der Waals surface area contributed by atoms with Gasteiger partial charge < -0.3 is 10.2 Å². The number of ketones is 6. The van der Waals surface area contributed by atoms with Gasteiger partial charge in [-0.05, 0) is 78.8 Å². The fourth-order valence-electron chi connectivity index (χ4n) is 8.74. The Kier molecular flexibility index (Phi) is 7.04. The first kappa shape index (κ1) is 30.7. The first-order valence-corrected chi connectivity index (χ1v) is 14.8. The molecule has 2 saturated carbocycles. The second-order valence-electron chi connectivity index (χ2n) is 13.6. The minimum Gasteiger partial charge on any atom is -0.507 e. The van der Waals surface area contributed by atoms with E-state index in [2.05, 4.69) is 0 Å². The van der Waals surface area contributed by atoms with E-state index >= 15 is 0 Å². The van der Waals surface area contributed by atoms with Crippen LogP contribution in [0.4, 0.5) is 0 Å². The molecule has 8 nitrogen and oxygen atoms in total. The van der Waals surface area contributed by atoms with Gasteiger partial charge in [-0.2, -0.15) is 0 Å². The molecule has 0 amide bonds. The molecule has 0 spiro atoms. The van der Waals surface area contributed by atoms with Crippen molar-refractivity contribution in [2.24, 2.45) is 34.5 Å². The Morgan fingerprint density at radius 2 is 1.63 bits per heavy atom. The van der Waals surface area contributed by atoms with Crippen molar-refractivity contribution in [3.05, 3.63) is 52.6 Å². The number of hydrogen-bond donors (Lipinski definition) is 2. The van der Waals surface area contributed by atoms with Crippen LogP contribution in [0.15, 0.2) is 30.3 Å². The standard InChI is InChI=1S/C35H38O8/c1-8-19-9-10-20(17(4)36)13-22(19)21-11-12-24(38)26-23(21)14-33(6)15-34(7)27(16(2)3)29(39)25(18(5)37)31(41)35(34,43)32(42)28(33)30(26)40/h9-13,16,25,27-28,38,43H,8,14-15H2,1-7H3/t25?,27?,28?,33-,34-,35+/m1/s1. The smallest absolute Gasteiger partial charge is 0.190 e. The number of hydrogen-bond acceptors (Lipinski definition) is 8. The Morgan fingerprint density at radius 3 is 2.19 bits per heavy atom. The van der Waals surface area contributed by atoms with Crippen molar-refractivity contribution in [3.8, 4) is 16.9 Å².